The highest BCUT2D eigenvalue weighted by Crippen LogP contribution is 2.17. The van der Waals surface area contributed by atoms with Crippen LogP contribution in [0.25, 0.3) is 0 Å². The van der Waals surface area contributed by atoms with Crippen molar-refractivity contribution in [3.8, 4) is 0 Å². The maximum atomic E-state index is 11.8. The molecule has 23 heavy (non-hydrogen) atoms. The maximum absolute atomic E-state index is 11.8. The number of nitrogens with zero attached hydrogens (tertiary/aromatic N) is 2. The Balaban J connectivity index is 2.02. The highest BCUT2D eigenvalue weighted by Gasteiger charge is 2.19. The molecular weight excluding hydrogens is 298 g/mol. The van der Waals surface area contributed by atoms with E-state index in [1.165, 1.54) is 10.7 Å². The Morgan fingerprint density at radius 1 is 1.35 bits per heavy atom. The molecule has 7 heteroatoms. The van der Waals surface area contributed by atoms with Crippen LogP contribution in [0.5, 0.6) is 0 Å². The largest absolute Gasteiger partial charge is 0.477 e. The lowest BCUT2D eigenvalue weighted by Crippen LogP contribution is -2.15. The Hall–Kier alpha value is -2.83. The van der Waals surface area contributed by atoms with Crippen LogP contribution in [-0.4, -0.2) is 26.9 Å². The molecule has 0 bridgehead atoms. The lowest BCUT2D eigenvalue weighted by atomic mass is 10.2. The first kappa shape index (κ1) is 16.5. The van der Waals surface area contributed by atoms with Crippen molar-refractivity contribution in [2.45, 2.75) is 32.9 Å². The van der Waals surface area contributed by atoms with E-state index >= 15 is 0 Å². The number of carbonyl (C=O) groups is 2. The topological polar surface area (TPSA) is 93.5 Å². The van der Waals surface area contributed by atoms with Crippen LogP contribution >= 0.6 is 0 Å². The molecule has 0 aliphatic rings. The van der Waals surface area contributed by atoms with Crippen LogP contribution in [-0.2, 0) is 11.3 Å². The van der Waals surface area contributed by atoms with E-state index in [4.69, 9.17) is 4.74 Å². The van der Waals surface area contributed by atoms with Gasteiger partial charge in [-0.3, -0.25) is 10.00 Å². The standard InChI is InChI=1S/C16H19N3O4/c1-3-11(2)19-13(15(20)21)9-14(18-19)17-16(22)23-10-12-7-5-4-6-8-12/h4-9,11H,3,10H2,1-2H3,(H,20,21)(H,17,18,22). The summed E-state index contributed by atoms with van der Waals surface area (Å²) in [5, 5.41) is 15.8. The third-order valence-corrected chi connectivity index (χ3v) is 3.41. The normalized spacial score (nSPS) is 11.7. The fourth-order valence-corrected chi connectivity index (χ4v) is 1.99. The van der Waals surface area contributed by atoms with Gasteiger partial charge in [0.2, 0.25) is 0 Å². The van der Waals surface area contributed by atoms with Crippen LogP contribution in [0, 0.1) is 0 Å². The summed E-state index contributed by atoms with van der Waals surface area (Å²) < 4.78 is 6.47. The van der Waals surface area contributed by atoms with Crippen molar-refractivity contribution < 1.29 is 19.4 Å². The van der Waals surface area contributed by atoms with Gasteiger partial charge < -0.3 is 9.84 Å². The smallest absolute Gasteiger partial charge is 0.413 e. The zero-order valence-corrected chi connectivity index (χ0v) is 13.0. The van der Waals surface area contributed by atoms with Gasteiger partial charge in [-0.15, -0.1) is 0 Å². The first-order valence-electron chi connectivity index (χ1n) is 7.31. The van der Waals surface area contributed by atoms with E-state index < -0.39 is 12.1 Å². The Morgan fingerprint density at radius 2 is 2.04 bits per heavy atom. The highest BCUT2D eigenvalue weighted by molar-refractivity contribution is 5.89. The van der Waals surface area contributed by atoms with Gasteiger partial charge in [-0.05, 0) is 18.9 Å². The van der Waals surface area contributed by atoms with Gasteiger partial charge in [0, 0.05) is 12.1 Å². The molecule has 7 nitrogen and oxygen atoms in total. The molecular formula is C16H19N3O4. The molecule has 1 aromatic heterocycles. The molecule has 2 rings (SSSR count). The predicted molar refractivity (Wildman–Crippen MR) is 84.4 cm³/mol. The number of anilines is 1. The van der Waals surface area contributed by atoms with Crippen LogP contribution in [0.15, 0.2) is 36.4 Å². The molecule has 1 amide bonds. The molecule has 0 radical (unpaired) electrons. The van der Waals surface area contributed by atoms with Crippen molar-refractivity contribution >= 4 is 17.9 Å². The summed E-state index contributed by atoms with van der Waals surface area (Å²) in [6.07, 6.45) is 0.0411. The quantitative estimate of drug-likeness (QED) is 0.852. The molecule has 0 aliphatic carbocycles. The minimum Gasteiger partial charge on any atom is -0.477 e. The second kappa shape index (κ2) is 7.44. The fraction of sp³-hybridized carbons (Fsp3) is 0.312. The lowest BCUT2D eigenvalue weighted by molar-refractivity contribution is 0.0680. The molecule has 1 heterocycles. The Labute approximate surface area is 133 Å². The minimum atomic E-state index is -1.09. The number of hydrogen-bond donors (Lipinski definition) is 2. The molecule has 0 saturated carbocycles. The van der Waals surface area contributed by atoms with Gasteiger partial charge in [0.1, 0.15) is 12.3 Å². The minimum absolute atomic E-state index is 0.0257. The van der Waals surface area contributed by atoms with E-state index in [1.54, 1.807) is 0 Å². The molecule has 0 fully saturated rings. The van der Waals surface area contributed by atoms with Crippen molar-refractivity contribution in [2.75, 3.05) is 5.32 Å². The molecule has 1 unspecified atom stereocenters. The van der Waals surface area contributed by atoms with E-state index in [0.29, 0.717) is 0 Å². The summed E-state index contributed by atoms with van der Waals surface area (Å²) >= 11 is 0. The molecule has 1 atom stereocenters. The Morgan fingerprint density at radius 3 is 2.65 bits per heavy atom. The number of carbonyl (C=O) groups excluding carboxylic acids is 1. The zero-order valence-electron chi connectivity index (χ0n) is 13.0. The van der Waals surface area contributed by atoms with E-state index in [0.717, 1.165) is 12.0 Å². The average molecular weight is 317 g/mol. The number of aromatic nitrogens is 2. The maximum Gasteiger partial charge on any atom is 0.413 e. The SMILES string of the molecule is CCC(C)n1nc(NC(=O)OCc2ccccc2)cc1C(=O)O. The van der Waals surface area contributed by atoms with Gasteiger partial charge in [0.25, 0.3) is 0 Å². The predicted octanol–water partition coefficient (Wildman–Crippen LogP) is 3.30. The number of amides is 1. The Bertz CT molecular complexity index is 682. The van der Waals surface area contributed by atoms with E-state index in [9.17, 15) is 14.7 Å². The second-order valence-corrected chi connectivity index (χ2v) is 5.11. The molecule has 0 aliphatic heterocycles. The van der Waals surface area contributed by atoms with Crippen molar-refractivity contribution in [2.24, 2.45) is 0 Å². The molecule has 122 valence electrons. The number of aromatic carboxylic acids is 1. The Kier molecular flexibility index (Phi) is 5.35. The van der Waals surface area contributed by atoms with Gasteiger partial charge >= 0.3 is 12.1 Å². The first-order valence-corrected chi connectivity index (χ1v) is 7.31. The lowest BCUT2D eigenvalue weighted by Gasteiger charge is -2.10. The summed E-state index contributed by atoms with van der Waals surface area (Å²) in [5.74, 6) is -0.940. The number of nitrogens with one attached hydrogen (secondary N) is 1. The van der Waals surface area contributed by atoms with Crippen LogP contribution in [0.2, 0.25) is 0 Å². The van der Waals surface area contributed by atoms with Gasteiger partial charge in [-0.1, -0.05) is 37.3 Å². The molecule has 1 aromatic carbocycles. The zero-order chi connectivity index (χ0) is 16.8. The molecule has 0 saturated heterocycles. The summed E-state index contributed by atoms with van der Waals surface area (Å²) in [7, 11) is 0. The monoisotopic (exact) mass is 317 g/mol. The summed E-state index contributed by atoms with van der Waals surface area (Å²) in [6, 6.07) is 10.5. The number of rotatable bonds is 6. The van der Waals surface area contributed by atoms with Crippen LogP contribution in [0.1, 0.15) is 42.4 Å². The van der Waals surface area contributed by atoms with Gasteiger partial charge in [-0.2, -0.15) is 5.10 Å². The number of hydrogen-bond acceptors (Lipinski definition) is 4. The van der Waals surface area contributed by atoms with Gasteiger partial charge in [-0.25, -0.2) is 9.59 Å². The molecule has 2 aromatic rings. The van der Waals surface area contributed by atoms with Crippen molar-refractivity contribution in [1.82, 2.24) is 9.78 Å². The fourth-order valence-electron chi connectivity index (χ4n) is 1.99. The third-order valence-electron chi connectivity index (χ3n) is 3.41. The van der Waals surface area contributed by atoms with Crippen LogP contribution in [0.3, 0.4) is 0 Å². The average Bonchev–Trinajstić information content (AvgIpc) is 2.97. The first-order chi connectivity index (χ1) is 11.0. The number of ether oxygens (including phenoxy) is 1. The van der Waals surface area contributed by atoms with Gasteiger partial charge in [0.15, 0.2) is 5.82 Å². The molecule has 2 N–H and O–H groups in total. The summed E-state index contributed by atoms with van der Waals surface area (Å²) in [4.78, 5) is 23.0. The highest BCUT2D eigenvalue weighted by atomic mass is 16.5. The van der Waals surface area contributed by atoms with Crippen molar-refractivity contribution in [3.05, 3.63) is 47.7 Å². The number of carboxylic acids is 1. The van der Waals surface area contributed by atoms with Crippen LogP contribution in [0.4, 0.5) is 10.6 Å². The van der Waals surface area contributed by atoms with Crippen molar-refractivity contribution in [1.29, 1.82) is 0 Å². The van der Waals surface area contributed by atoms with E-state index in [1.807, 2.05) is 44.2 Å². The van der Waals surface area contributed by atoms with Gasteiger partial charge in [0.05, 0.1) is 0 Å². The third kappa shape index (κ3) is 4.32. The second-order valence-electron chi connectivity index (χ2n) is 5.11. The summed E-state index contributed by atoms with van der Waals surface area (Å²) in [5.41, 5.74) is 0.886. The van der Waals surface area contributed by atoms with Crippen molar-refractivity contribution in [3.63, 3.8) is 0 Å². The van der Waals surface area contributed by atoms with E-state index in [2.05, 4.69) is 10.4 Å². The van der Waals surface area contributed by atoms with Crippen LogP contribution < -0.4 is 5.32 Å². The number of benzene rings is 1. The number of carboxylic acid groups (broad SMARTS) is 1. The van der Waals surface area contributed by atoms with E-state index in [-0.39, 0.29) is 24.2 Å². The summed E-state index contributed by atoms with van der Waals surface area (Å²) in [6.45, 7) is 3.92. The molecule has 0 spiro atoms.